The van der Waals surface area contributed by atoms with Crippen LogP contribution in [0, 0.1) is 0 Å². The Labute approximate surface area is 184 Å². The number of carbonyl (C=O) groups excluding carboxylic acids is 1. The number of nitrogens with zero attached hydrogens (tertiary/aromatic N) is 2. The fourth-order valence-electron chi connectivity index (χ4n) is 3.99. The van der Waals surface area contributed by atoms with E-state index in [9.17, 15) is 13.2 Å². The molecule has 4 rings (SSSR count). The summed E-state index contributed by atoms with van der Waals surface area (Å²) in [6.07, 6.45) is 3.74. The van der Waals surface area contributed by atoms with Gasteiger partial charge in [-0.2, -0.15) is 4.31 Å². The Morgan fingerprint density at radius 1 is 0.871 bits per heavy atom. The second kappa shape index (κ2) is 9.80. The molecule has 2 aliphatic rings. The van der Waals surface area contributed by atoms with Crippen LogP contribution in [-0.4, -0.2) is 58.0 Å². The van der Waals surface area contributed by atoms with Crippen LogP contribution in [0.3, 0.4) is 0 Å². The molecule has 8 heteroatoms. The zero-order valence-electron chi connectivity index (χ0n) is 17.6. The van der Waals surface area contributed by atoms with Gasteiger partial charge in [-0.3, -0.25) is 4.79 Å². The number of hydrogen-bond acceptors (Lipinski definition) is 5. The van der Waals surface area contributed by atoms with Crippen molar-refractivity contribution in [2.45, 2.75) is 25.0 Å². The van der Waals surface area contributed by atoms with Gasteiger partial charge in [0.15, 0.2) is 0 Å². The summed E-state index contributed by atoms with van der Waals surface area (Å²) >= 11 is 0. The highest BCUT2D eigenvalue weighted by molar-refractivity contribution is 7.88. The van der Waals surface area contributed by atoms with Crippen LogP contribution in [0.1, 0.15) is 35.2 Å². The van der Waals surface area contributed by atoms with Crippen LogP contribution in [0.5, 0.6) is 0 Å². The Morgan fingerprint density at radius 2 is 1.52 bits per heavy atom. The van der Waals surface area contributed by atoms with Crippen LogP contribution in [-0.2, 0) is 20.5 Å². The molecule has 0 spiro atoms. The van der Waals surface area contributed by atoms with E-state index in [4.69, 9.17) is 4.74 Å². The Hall–Kier alpha value is -2.42. The second-order valence-corrected chi connectivity index (χ2v) is 9.98. The number of benzene rings is 2. The first kappa shape index (κ1) is 21.8. The summed E-state index contributed by atoms with van der Waals surface area (Å²) < 4.78 is 31.8. The highest BCUT2D eigenvalue weighted by Crippen LogP contribution is 2.22. The first-order chi connectivity index (χ1) is 15.0. The smallest absolute Gasteiger partial charge is 0.255 e. The van der Waals surface area contributed by atoms with Gasteiger partial charge in [0.1, 0.15) is 0 Å². The second-order valence-electron chi connectivity index (χ2n) is 8.01. The number of piperidine rings is 1. The summed E-state index contributed by atoms with van der Waals surface area (Å²) in [6.45, 7) is 3.80. The lowest BCUT2D eigenvalue weighted by molar-refractivity contribution is 0.0729. The number of nitrogens with one attached hydrogen (secondary N) is 1. The monoisotopic (exact) mass is 443 g/mol. The summed E-state index contributed by atoms with van der Waals surface area (Å²) in [6, 6.07) is 14.7. The van der Waals surface area contributed by atoms with Crippen LogP contribution in [0.2, 0.25) is 0 Å². The van der Waals surface area contributed by atoms with Crippen molar-refractivity contribution in [1.82, 2.24) is 4.31 Å². The number of sulfonamides is 1. The Morgan fingerprint density at radius 3 is 2.16 bits per heavy atom. The predicted molar refractivity (Wildman–Crippen MR) is 122 cm³/mol. The van der Waals surface area contributed by atoms with Gasteiger partial charge in [0.05, 0.1) is 19.0 Å². The van der Waals surface area contributed by atoms with E-state index in [0.717, 1.165) is 18.8 Å². The summed E-state index contributed by atoms with van der Waals surface area (Å²) in [5.74, 6) is -0.291. The zero-order chi connectivity index (χ0) is 21.7. The first-order valence-corrected chi connectivity index (χ1v) is 12.4. The van der Waals surface area contributed by atoms with Crippen LogP contribution >= 0.6 is 0 Å². The Kier molecular flexibility index (Phi) is 6.89. The summed E-state index contributed by atoms with van der Waals surface area (Å²) in [5.41, 5.74) is 3.08. The van der Waals surface area contributed by atoms with Crippen molar-refractivity contribution in [1.29, 1.82) is 0 Å². The van der Waals surface area contributed by atoms with Crippen molar-refractivity contribution in [3.63, 3.8) is 0 Å². The molecule has 0 aliphatic carbocycles. The third kappa shape index (κ3) is 5.64. The third-order valence-electron chi connectivity index (χ3n) is 5.78. The number of morpholine rings is 1. The first-order valence-electron chi connectivity index (χ1n) is 10.8. The third-order valence-corrected chi connectivity index (χ3v) is 7.63. The van der Waals surface area contributed by atoms with E-state index >= 15 is 0 Å². The molecule has 0 aromatic heterocycles. The van der Waals surface area contributed by atoms with Crippen molar-refractivity contribution in [3.8, 4) is 0 Å². The lowest BCUT2D eigenvalue weighted by atomic mass is 10.1. The molecule has 0 unspecified atom stereocenters. The standard InChI is InChI=1S/C23H29N3O4S/c27-23(24-21-8-10-22(11-9-21)25-12-2-1-3-13-25)20-6-4-19(5-7-20)18-31(28,29)26-14-16-30-17-15-26/h4-11H,1-3,12-18H2,(H,24,27). The van der Waals surface area contributed by atoms with Crippen molar-refractivity contribution >= 4 is 27.3 Å². The molecule has 2 heterocycles. The molecular formula is C23H29N3O4S. The maximum absolute atomic E-state index is 12.6. The molecule has 7 nitrogen and oxygen atoms in total. The van der Waals surface area contributed by atoms with E-state index in [0.29, 0.717) is 37.4 Å². The Balaban J connectivity index is 1.34. The minimum absolute atomic E-state index is 0.0765. The molecule has 2 aliphatic heterocycles. The number of anilines is 2. The van der Waals surface area contributed by atoms with Crippen LogP contribution in [0.25, 0.3) is 0 Å². The molecule has 2 saturated heterocycles. The van der Waals surface area contributed by atoms with E-state index in [1.807, 2.05) is 24.3 Å². The molecule has 1 N–H and O–H groups in total. The quantitative estimate of drug-likeness (QED) is 0.742. The molecular weight excluding hydrogens is 414 g/mol. The van der Waals surface area contributed by atoms with E-state index in [1.54, 1.807) is 24.3 Å². The number of hydrogen-bond donors (Lipinski definition) is 1. The van der Waals surface area contributed by atoms with Crippen LogP contribution < -0.4 is 10.2 Å². The van der Waals surface area contributed by atoms with Gasteiger partial charge in [-0.15, -0.1) is 0 Å². The minimum Gasteiger partial charge on any atom is -0.379 e. The van der Waals surface area contributed by atoms with Gasteiger partial charge in [-0.1, -0.05) is 12.1 Å². The maximum Gasteiger partial charge on any atom is 0.255 e. The lowest BCUT2D eigenvalue weighted by Gasteiger charge is -2.28. The maximum atomic E-state index is 12.6. The highest BCUT2D eigenvalue weighted by Gasteiger charge is 2.24. The highest BCUT2D eigenvalue weighted by atomic mass is 32.2. The van der Waals surface area contributed by atoms with Crippen molar-refractivity contribution in [2.24, 2.45) is 0 Å². The molecule has 2 aromatic rings. The molecule has 0 radical (unpaired) electrons. The number of ether oxygens (including phenoxy) is 1. The van der Waals surface area contributed by atoms with Gasteiger partial charge in [-0.25, -0.2) is 8.42 Å². The molecule has 31 heavy (non-hydrogen) atoms. The van der Waals surface area contributed by atoms with Gasteiger partial charge < -0.3 is 15.0 Å². The van der Waals surface area contributed by atoms with Crippen LogP contribution in [0.4, 0.5) is 11.4 Å². The fraction of sp³-hybridized carbons (Fsp3) is 0.435. The van der Waals surface area contributed by atoms with E-state index < -0.39 is 10.0 Å². The lowest BCUT2D eigenvalue weighted by Crippen LogP contribution is -2.41. The zero-order valence-corrected chi connectivity index (χ0v) is 18.4. The van der Waals surface area contributed by atoms with Crippen LogP contribution in [0.15, 0.2) is 48.5 Å². The minimum atomic E-state index is -3.38. The van der Waals surface area contributed by atoms with E-state index in [2.05, 4.69) is 10.2 Å². The fourth-order valence-corrected chi connectivity index (χ4v) is 5.49. The van der Waals surface area contributed by atoms with Gasteiger partial charge in [0.2, 0.25) is 10.0 Å². The van der Waals surface area contributed by atoms with Gasteiger partial charge in [0, 0.05) is 43.1 Å². The van der Waals surface area contributed by atoms with Crippen molar-refractivity contribution in [3.05, 3.63) is 59.7 Å². The van der Waals surface area contributed by atoms with Gasteiger partial charge in [0.25, 0.3) is 5.91 Å². The number of amides is 1. The SMILES string of the molecule is O=C(Nc1ccc(N2CCCCC2)cc1)c1ccc(CS(=O)(=O)N2CCOCC2)cc1. The molecule has 2 fully saturated rings. The van der Waals surface area contributed by atoms with Crippen molar-refractivity contribution < 1.29 is 17.9 Å². The van der Waals surface area contributed by atoms with Crippen molar-refractivity contribution in [2.75, 3.05) is 49.6 Å². The average molecular weight is 444 g/mol. The number of rotatable bonds is 6. The summed E-state index contributed by atoms with van der Waals surface area (Å²) in [5, 5.41) is 2.91. The largest absolute Gasteiger partial charge is 0.379 e. The molecule has 0 atom stereocenters. The molecule has 0 bridgehead atoms. The molecule has 166 valence electrons. The average Bonchev–Trinajstić information content (AvgIpc) is 2.81. The molecule has 0 saturated carbocycles. The Bertz CT molecular complexity index is 978. The van der Waals surface area contributed by atoms with Gasteiger partial charge >= 0.3 is 0 Å². The van der Waals surface area contributed by atoms with Gasteiger partial charge in [-0.05, 0) is 61.2 Å². The predicted octanol–water partition coefficient (Wildman–Crippen LogP) is 3.09. The summed E-state index contributed by atoms with van der Waals surface area (Å²) in [4.78, 5) is 15.0. The summed E-state index contributed by atoms with van der Waals surface area (Å²) in [7, 11) is -3.38. The number of carbonyl (C=O) groups is 1. The van der Waals surface area contributed by atoms with E-state index in [1.165, 1.54) is 29.3 Å². The molecule has 2 aromatic carbocycles. The van der Waals surface area contributed by atoms with E-state index in [-0.39, 0.29) is 11.7 Å². The molecule has 1 amide bonds. The normalized spacial score (nSPS) is 18.0. The topological polar surface area (TPSA) is 79.0 Å².